The van der Waals surface area contributed by atoms with Crippen LogP contribution in [0.4, 0.5) is 0 Å². The minimum absolute atomic E-state index is 0.558. The summed E-state index contributed by atoms with van der Waals surface area (Å²) in [5.74, 6) is 1.72. The molecule has 0 saturated carbocycles. The molecule has 7 aromatic carbocycles. The average Bonchev–Trinajstić information content (AvgIpc) is 3.88. The normalized spacial score (nSPS) is 11.9. The van der Waals surface area contributed by atoms with Gasteiger partial charge < -0.3 is 13.3 Å². The maximum absolute atomic E-state index is 6.54. The van der Waals surface area contributed by atoms with Crippen LogP contribution in [0.2, 0.25) is 0 Å². The highest BCUT2D eigenvalue weighted by Crippen LogP contribution is 2.39. The first-order valence-electron chi connectivity index (χ1n) is 16.8. The van der Waals surface area contributed by atoms with Gasteiger partial charge in [0.05, 0.1) is 0 Å². The lowest BCUT2D eigenvalue weighted by Gasteiger charge is -2.08. The van der Waals surface area contributed by atoms with Crippen LogP contribution in [-0.4, -0.2) is 15.0 Å². The predicted octanol–water partition coefficient (Wildman–Crippen LogP) is 12.2. The van der Waals surface area contributed by atoms with Crippen LogP contribution >= 0.6 is 0 Å². The molecule has 4 aromatic heterocycles. The average molecular weight is 656 g/mol. The molecule has 0 fully saturated rings. The summed E-state index contributed by atoms with van der Waals surface area (Å²) in [5.41, 5.74) is 9.59. The Morgan fingerprint density at radius 3 is 1.39 bits per heavy atom. The zero-order valence-electron chi connectivity index (χ0n) is 27.0. The number of hydrogen-bond acceptors (Lipinski definition) is 6. The van der Waals surface area contributed by atoms with Crippen molar-refractivity contribution in [3.05, 3.63) is 152 Å². The maximum atomic E-state index is 6.54. The van der Waals surface area contributed by atoms with Crippen LogP contribution in [0.15, 0.2) is 165 Å². The van der Waals surface area contributed by atoms with Gasteiger partial charge in [-0.2, -0.15) is 0 Å². The Morgan fingerprint density at radius 1 is 0.294 bits per heavy atom. The molecule has 0 atom stereocenters. The third kappa shape index (κ3) is 4.40. The molecule has 0 unspecified atom stereocenters. The van der Waals surface area contributed by atoms with Gasteiger partial charge in [-0.3, -0.25) is 0 Å². The molecule has 238 valence electrons. The molecular formula is C45H25N3O3. The number of para-hydroxylation sites is 3. The fourth-order valence-electron chi connectivity index (χ4n) is 7.27. The van der Waals surface area contributed by atoms with Crippen molar-refractivity contribution in [2.45, 2.75) is 0 Å². The van der Waals surface area contributed by atoms with Gasteiger partial charge in [-0.1, -0.05) is 103 Å². The minimum atomic E-state index is 0.558. The van der Waals surface area contributed by atoms with Crippen molar-refractivity contribution in [1.82, 2.24) is 15.0 Å². The van der Waals surface area contributed by atoms with Gasteiger partial charge in [0.2, 0.25) is 0 Å². The van der Waals surface area contributed by atoms with Crippen LogP contribution in [-0.2, 0) is 0 Å². The van der Waals surface area contributed by atoms with Crippen LogP contribution in [0.1, 0.15) is 0 Å². The highest BCUT2D eigenvalue weighted by atomic mass is 16.3. The monoisotopic (exact) mass is 655 g/mol. The van der Waals surface area contributed by atoms with E-state index >= 15 is 0 Å². The first kappa shape index (κ1) is 27.9. The topological polar surface area (TPSA) is 78.1 Å². The van der Waals surface area contributed by atoms with Crippen LogP contribution in [0.25, 0.3) is 111 Å². The van der Waals surface area contributed by atoms with E-state index in [9.17, 15) is 0 Å². The molecular weight excluding hydrogens is 631 g/mol. The van der Waals surface area contributed by atoms with Crippen molar-refractivity contribution >= 4 is 65.8 Å². The van der Waals surface area contributed by atoms with Crippen molar-refractivity contribution in [2.75, 3.05) is 0 Å². The summed E-state index contributed by atoms with van der Waals surface area (Å²) in [6.07, 6.45) is 0. The Hall–Kier alpha value is -7.05. The zero-order valence-corrected chi connectivity index (χ0v) is 27.0. The molecule has 0 aliphatic rings. The summed E-state index contributed by atoms with van der Waals surface area (Å²) in [6.45, 7) is 0. The minimum Gasteiger partial charge on any atom is -0.456 e. The van der Waals surface area contributed by atoms with Gasteiger partial charge in [0.15, 0.2) is 17.5 Å². The molecule has 0 amide bonds. The van der Waals surface area contributed by atoms with E-state index < -0.39 is 0 Å². The highest BCUT2D eigenvalue weighted by molar-refractivity contribution is 6.11. The van der Waals surface area contributed by atoms with Crippen LogP contribution in [0.5, 0.6) is 0 Å². The van der Waals surface area contributed by atoms with Crippen LogP contribution in [0, 0.1) is 0 Å². The number of furan rings is 3. The van der Waals surface area contributed by atoms with E-state index in [4.69, 9.17) is 28.2 Å². The smallest absolute Gasteiger partial charge is 0.164 e. The number of benzene rings is 7. The second-order valence-electron chi connectivity index (χ2n) is 12.8. The first-order valence-corrected chi connectivity index (χ1v) is 16.8. The molecule has 6 nitrogen and oxygen atoms in total. The maximum Gasteiger partial charge on any atom is 0.164 e. The number of hydrogen-bond donors (Lipinski definition) is 0. The molecule has 0 saturated heterocycles. The van der Waals surface area contributed by atoms with Crippen molar-refractivity contribution in [2.24, 2.45) is 0 Å². The second-order valence-corrected chi connectivity index (χ2v) is 12.8. The van der Waals surface area contributed by atoms with E-state index in [0.717, 1.165) is 93.6 Å². The largest absolute Gasteiger partial charge is 0.456 e. The lowest BCUT2D eigenvalue weighted by Crippen LogP contribution is -2.00. The van der Waals surface area contributed by atoms with Gasteiger partial charge >= 0.3 is 0 Å². The summed E-state index contributed by atoms with van der Waals surface area (Å²) in [7, 11) is 0. The van der Waals surface area contributed by atoms with E-state index in [1.165, 1.54) is 0 Å². The molecule has 0 radical (unpaired) electrons. The number of aromatic nitrogens is 3. The van der Waals surface area contributed by atoms with Gasteiger partial charge in [0.1, 0.15) is 33.5 Å². The fraction of sp³-hybridized carbons (Fsp3) is 0. The lowest BCUT2D eigenvalue weighted by atomic mass is 10.0. The summed E-state index contributed by atoms with van der Waals surface area (Å²) < 4.78 is 19.1. The van der Waals surface area contributed by atoms with Crippen molar-refractivity contribution in [1.29, 1.82) is 0 Å². The third-order valence-electron chi connectivity index (χ3n) is 9.75. The number of fused-ring (bicyclic) bond motifs is 9. The fourth-order valence-corrected chi connectivity index (χ4v) is 7.27. The Bertz CT molecular complexity index is 3150. The summed E-state index contributed by atoms with van der Waals surface area (Å²) in [4.78, 5) is 14.9. The molecule has 4 heterocycles. The van der Waals surface area contributed by atoms with E-state index in [2.05, 4.69) is 66.7 Å². The van der Waals surface area contributed by atoms with Gasteiger partial charge in [-0.15, -0.1) is 0 Å². The summed E-state index contributed by atoms with van der Waals surface area (Å²) in [6, 6.07) is 51.1. The molecule has 6 heteroatoms. The number of rotatable bonds is 4. The van der Waals surface area contributed by atoms with Crippen LogP contribution in [0.3, 0.4) is 0 Å². The van der Waals surface area contributed by atoms with Gasteiger partial charge in [-0.25, -0.2) is 15.0 Å². The third-order valence-corrected chi connectivity index (χ3v) is 9.75. The van der Waals surface area contributed by atoms with Gasteiger partial charge in [-0.05, 0) is 54.1 Å². The van der Waals surface area contributed by atoms with E-state index in [0.29, 0.717) is 17.5 Å². The van der Waals surface area contributed by atoms with Crippen LogP contribution < -0.4 is 0 Å². The number of nitrogens with zero attached hydrogens (tertiary/aromatic N) is 3. The lowest BCUT2D eigenvalue weighted by molar-refractivity contribution is 0.668. The van der Waals surface area contributed by atoms with Crippen molar-refractivity contribution in [3.8, 4) is 45.3 Å². The molecule has 0 bridgehead atoms. The second kappa shape index (κ2) is 10.7. The predicted molar refractivity (Wildman–Crippen MR) is 203 cm³/mol. The van der Waals surface area contributed by atoms with Gasteiger partial charge in [0, 0.05) is 54.6 Å². The van der Waals surface area contributed by atoms with Crippen molar-refractivity contribution < 1.29 is 13.3 Å². The molecule has 0 aliphatic heterocycles. The Kier molecular flexibility index (Phi) is 5.86. The van der Waals surface area contributed by atoms with Crippen molar-refractivity contribution in [3.63, 3.8) is 0 Å². The molecule has 11 aromatic rings. The molecule has 11 rings (SSSR count). The van der Waals surface area contributed by atoms with Gasteiger partial charge in [0.25, 0.3) is 0 Å². The quantitative estimate of drug-likeness (QED) is 0.188. The first-order chi connectivity index (χ1) is 25.2. The zero-order chi connectivity index (χ0) is 33.5. The van der Waals surface area contributed by atoms with E-state index in [-0.39, 0.29) is 0 Å². The summed E-state index contributed by atoms with van der Waals surface area (Å²) in [5, 5.41) is 6.41. The Balaban J connectivity index is 1.04. The Morgan fingerprint density at radius 2 is 0.745 bits per heavy atom. The molecule has 51 heavy (non-hydrogen) atoms. The van der Waals surface area contributed by atoms with E-state index in [1.54, 1.807) is 0 Å². The highest BCUT2D eigenvalue weighted by Gasteiger charge is 2.18. The molecule has 0 N–H and O–H groups in total. The molecule has 0 spiro atoms. The molecule has 0 aliphatic carbocycles. The standard InChI is InChI=1S/C45H25N3O3/c1-2-9-26(10-3-1)43-46-44(28-18-21-33-31-11-4-6-15-37(31)49-40(33)24-28)48-45(47-43)29-19-22-35-34-20-17-27(23-39(34)50-41(35)25-29)30-13-8-14-36-32-12-5-7-16-38(32)51-42(30)36/h1-25H. The Labute approximate surface area is 290 Å². The SMILES string of the molecule is c1ccc(-c2nc(-c3ccc4c(c3)oc3ccccc34)nc(-c3ccc4c(c3)oc3cc(-c5cccc6c5oc5ccccc56)ccc34)n2)cc1. The summed E-state index contributed by atoms with van der Waals surface area (Å²) >= 11 is 0. The van der Waals surface area contributed by atoms with E-state index in [1.807, 2.05) is 84.9 Å².